The van der Waals surface area contributed by atoms with Crippen LogP contribution in [0.4, 0.5) is 0 Å². The molecule has 0 saturated heterocycles. The van der Waals surface area contributed by atoms with E-state index < -0.39 is 0 Å². The van der Waals surface area contributed by atoms with Gasteiger partial charge in [0.15, 0.2) is 0 Å². The maximum Gasteiger partial charge on any atom is 0.255 e. The zero-order chi connectivity index (χ0) is 20.4. The fourth-order valence-electron chi connectivity index (χ4n) is 3.76. The molecular weight excluding hydrogens is 362 g/mol. The Morgan fingerprint density at radius 3 is 2.24 bits per heavy atom. The maximum atomic E-state index is 12.8. The lowest BCUT2D eigenvalue weighted by Gasteiger charge is -2.17. The van der Waals surface area contributed by atoms with Gasteiger partial charge < -0.3 is 15.5 Å². The van der Waals surface area contributed by atoms with Gasteiger partial charge in [-0.2, -0.15) is 0 Å². The Balaban J connectivity index is 2.01. The number of hydrogen-bond acceptors (Lipinski definition) is 3. The molecule has 0 atom stereocenters. The molecule has 4 aromatic rings. The summed E-state index contributed by atoms with van der Waals surface area (Å²) in [7, 11) is 0. The van der Waals surface area contributed by atoms with Crippen LogP contribution in [-0.2, 0) is 0 Å². The third-order valence-corrected chi connectivity index (χ3v) is 5.24. The summed E-state index contributed by atoms with van der Waals surface area (Å²) in [6, 6.07) is 20.4. The topological polar surface area (TPSA) is 69.6 Å². The van der Waals surface area contributed by atoms with Crippen molar-refractivity contribution in [3.05, 3.63) is 72.3 Å². The van der Waals surface area contributed by atoms with Gasteiger partial charge in [0, 0.05) is 17.7 Å². The van der Waals surface area contributed by atoms with Crippen LogP contribution in [0, 0.1) is 0 Å². The predicted molar refractivity (Wildman–Crippen MR) is 117 cm³/mol. The van der Waals surface area contributed by atoms with Crippen molar-refractivity contribution < 1.29 is 15.0 Å². The standard InChI is InChI=1S/C25H23NO3/c1-2-3-14-26-25(29)20-15-17-9-5-7-11-19(17)23(24(20)28)22-18-10-6-4-8-16(18)12-13-21(22)27/h4-13,15,27-28H,2-3,14H2,1H3,(H,26,29). The van der Waals surface area contributed by atoms with Crippen molar-refractivity contribution >= 4 is 27.5 Å². The first kappa shape index (κ1) is 18.8. The highest BCUT2D eigenvalue weighted by atomic mass is 16.3. The molecule has 4 nitrogen and oxygen atoms in total. The average Bonchev–Trinajstić information content (AvgIpc) is 2.74. The number of amides is 1. The van der Waals surface area contributed by atoms with Gasteiger partial charge in [0.1, 0.15) is 11.5 Å². The molecule has 0 radical (unpaired) electrons. The van der Waals surface area contributed by atoms with Gasteiger partial charge >= 0.3 is 0 Å². The van der Waals surface area contributed by atoms with Crippen molar-refractivity contribution in [1.82, 2.24) is 5.32 Å². The summed E-state index contributed by atoms with van der Waals surface area (Å²) < 4.78 is 0. The van der Waals surface area contributed by atoms with Gasteiger partial charge in [-0.05, 0) is 40.1 Å². The van der Waals surface area contributed by atoms with Gasteiger partial charge in [-0.3, -0.25) is 4.79 Å². The Kier molecular flexibility index (Phi) is 5.09. The Morgan fingerprint density at radius 2 is 1.52 bits per heavy atom. The molecule has 0 aliphatic rings. The van der Waals surface area contributed by atoms with Gasteiger partial charge in [0.25, 0.3) is 5.91 Å². The second-order valence-electron chi connectivity index (χ2n) is 7.16. The smallest absolute Gasteiger partial charge is 0.255 e. The van der Waals surface area contributed by atoms with Crippen molar-refractivity contribution in [2.24, 2.45) is 0 Å². The van der Waals surface area contributed by atoms with Crippen LogP contribution in [0.15, 0.2) is 66.7 Å². The summed E-state index contributed by atoms with van der Waals surface area (Å²) >= 11 is 0. The number of carbonyl (C=O) groups excluding carboxylic acids is 1. The van der Waals surface area contributed by atoms with Crippen molar-refractivity contribution in [3.8, 4) is 22.6 Å². The fraction of sp³-hybridized carbons (Fsp3) is 0.160. The van der Waals surface area contributed by atoms with Crippen molar-refractivity contribution in [1.29, 1.82) is 0 Å². The number of phenols is 2. The Morgan fingerprint density at radius 1 is 0.862 bits per heavy atom. The molecule has 0 aromatic heterocycles. The molecule has 0 spiro atoms. The summed E-state index contributed by atoms with van der Waals surface area (Å²) in [5, 5.41) is 28.2. The molecule has 1 amide bonds. The third kappa shape index (κ3) is 3.38. The number of fused-ring (bicyclic) bond motifs is 2. The molecule has 4 rings (SSSR count). The van der Waals surface area contributed by atoms with E-state index in [-0.39, 0.29) is 23.0 Å². The summed E-state index contributed by atoms with van der Waals surface area (Å²) in [6.45, 7) is 2.61. The normalized spacial score (nSPS) is 11.1. The number of hydrogen-bond donors (Lipinski definition) is 3. The quantitative estimate of drug-likeness (QED) is 0.392. The van der Waals surface area contributed by atoms with Gasteiger partial charge in [-0.15, -0.1) is 0 Å². The molecule has 0 aliphatic heterocycles. The van der Waals surface area contributed by atoms with Crippen molar-refractivity contribution in [2.45, 2.75) is 19.8 Å². The lowest BCUT2D eigenvalue weighted by Crippen LogP contribution is -2.24. The number of benzene rings is 4. The van der Waals surface area contributed by atoms with Gasteiger partial charge in [-0.1, -0.05) is 67.9 Å². The van der Waals surface area contributed by atoms with Crippen LogP contribution in [0.5, 0.6) is 11.5 Å². The summed E-state index contributed by atoms with van der Waals surface area (Å²) in [5.41, 5.74) is 1.21. The first-order chi connectivity index (χ1) is 14.1. The molecule has 0 unspecified atom stereocenters. The van der Waals surface area contributed by atoms with Crippen molar-refractivity contribution in [3.63, 3.8) is 0 Å². The van der Waals surface area contributed by atoms with E-state index in [1.807, 2.05) is 54.6 Å². The number of carbonyl (C=O) groups is 1. The number of unbranched alkanes of at least 4 members (excludes halogenated alkanes) is 1. The lowest BCUT2D eigenvalue weighted by molar-refractivity contribution is 0.0950. The highest BCUT2D eigenvalue weighted by molar-refractivity contribution is 6.13. The zero-order valence-corrected chi connectivity index (χ0v) is 16.3. The molecule has 0 fully saturated rings. The Hall–Kier alpha value is -3.53. The second kappa shape index (κ2) is 7.84. The summed E-state index contributed by atoms with van der Waals surface area (Å²) in [5.74, 6) is -0.375. The highest BCUT2D eigenvalue weighted by Gasteiger charge is 2.22. The average molecular weight is 385 g/mol. The molecule has 3 N–H and O–H groups in total. The summed E-state index contributed by atoms with van der Waals surface area (Å²) in [4.78, 5) is 12.8. The van der Waals surface area contributed by atoms with Crippen LogP contribution in [0.1, 0.15) is 30.1 Å². The molecule has 0 heterocycles. The van der Waals surface area contributed by atoms with E-state index >= 15 is 0 Å². The molecule has 0 saturated carbocycles. The van der Waals surface area contributed by atoms with Gasteiger partial charge in [0.2, 0.25) is 0 Å². The monoisotopic (exact) mass is 385 g/mol. The largest absolute Gasteiger partial charge is 0.507 e. The van der Waals surface area contributed by atoms with E-state index in [2.05, 4.69) is 12.2 Å². The van der Waals surface area contributed by atoms with E-state index in [9.17, 15) is 15.0 Å². The van der Waals surface area contributed by atoms with Gasteiger partial charge in [-0.25, -0.2) is 0 Å². The van der Waals surface area contributed by atoms with E-state index in [0.717, 1.165) is 34.4 Å². The third-order valence-electron chi connectivity index (χ3n) is 5.24. The Labute approximate surface area is 169 Å². The van der Waals surface area contributed by atoms with E-state index in [1.54, 1.807) is 12.1 Å². The number of aromatic hydroxyl groups is 2. The fourth-order valence-corrected chi connectivity index (χ4v) is 3.76. The van der Waals surface area contributed by atoms with Crippen LogP contribution >= 0.6 is 0 Å². The molecule has 4 aromatic carbocycles. The molecule has 146 valence electrons. The first-order valence-electron chi connectivity index (χ1n) is 9.85. The van der Waals surface area contributed by atoms with Crippen LogP contribution < -0.4 is 5.32 Å². The highest BCUT2D eigenvalue weighted by Crippen LogP contribution is 2.46. The van der Waals surface area contributed by atoms with Crippen LogP contribution in [0.3, 0.4) is 0 Å². The molecule has 0 bridgehead atoms. The van der Waals surface area contributed by atoms with Gasteiger partial charge in [0.05, 0.1) is 5.56 Å². The van der Waals surface area contributed by atoms with E-state index in [4.69, 9.17) is 0 Å². The molecule has 4 heteroatoms. The number of rotatable bonds is 5. The Bertz CT molecular complexity index is 1210. The van der Waals surface area contributed by atoms with E-state index in [1.165, 1.54) is 0 Å². The van der Waals surface area contributed by atoms with Crippen LogP contribution in [0.2, 0.25) is 0 Å². The lowest BCUT2D eigenvalue weighted by atomic mass is 9.90. The van der Waals surface area contributed by atoms with Crippen LogP contribution in [0.25, 0.3) is 32.7 Å². The molecule has 29 heavy (non-hydrogen) atoms. The van der Waals surface area contributed by atoms with Crippen LogP contribution in [-0.4, -0.2) is 22.7 Å². The van der Waals surface area contributed by atoms with Crippen molar-refractivity contribution in [2.75, 3.05) is 6.54 Å². The first-order valence-corrected chi connectivity index (χ1v) is 9.85. The summed E-state index contributed by atoms with van der Waals surface area (Å²) in [6.07, 6.45) is 1.84. The predicted octanol–water partition coefficient (Wildman–Crippen LogP) is 5.60. The minimum absolute atomic E-state index is 0.0627. The number of nitrogens with one attached hydrogen (secondary N) is 1. The van der Waals surface area contributed by atoms with E-state index in [0.29, 0.717) is 17.7 Å². The minimum Gasteiger partial charge on any atom is -0.507 e. The maximum absolute atomic E-state index is 12.8. The zero-order valence-electron chi connectivity index (χ0n) is 16.3. The number of phenolic OH excluding ortho intramolecular Hbond substituents is 2. The molecule has 0 aliphatic carbocycles. The second-order valence-corrected chi connectivity index (χ2v) is 7.16. The molecular formula is C25H23NO3. The minimum atomic E-state index is -0.317. The SMILES string of the molecule is CCCCNC(=O)c1cc2ccccc2c(-c2c(O)ccc3ccccc23)c1O.